The van der Waals surface area contributed by atoms with Gasteiger partial charge in [-0.05, 0) is 20.8 Å². The number of hydrogen-bond donors (Lipinski definition) is 2. The molecule has 6 heteroatoms. The Balaban J connectivity index is 3.91. The van der Waals surface area contributed by atoms with Gasteiger partial charge in [0.05, 0.1) is 13.2 Å². The van der Waals surface area contributed by atoms with Crippen LogP contribution < -0.4 is 11.1 Å². The molecule has 0 aromatic heterocycles. The van der Waals surface area contributed by atoms with Gasteiger partial charge in [-0.15, -0.1) is 0 Å². The molecule has 0 aliphatic rings. The third-order valence-electron chi connectivity index (χ3n) is 1.39. The van der Waals surface area contributed by atoms with Gasteiger partial charge in [-0.2, -0.15) is 0 Å². The first-order valence-corrected chi connectivity index (χ1v) is 4.74. The lowest BCUT2D eigenvalue weighted by atomic mass is 10.2. The van der Waals surface area contributed by atoms with Crippen LogP contribution in [0.15, 0.2) is 0 Å². The van der Waals surface area contributed by atoms with E-state index >= 15 is 0 Å². The van der Waals surface area contributed by atoms with Crippen LogP contribution in [0.3, 0.4) is 0 Å². The molecule has 0 saturated carbocycles. The van der Waals surface area contributed by atoms with Gasteiger partial charge in [0.2, 0.25) is 0 Å². The summed E-state index contributed by atoms with van der Waals surface area (Å²) >= 11 is 0. The Kier molecular flexibility index (Phi) is 6.23. The predicted octanol–water partition coefficient (Wildman–Crippen LogP) is 0.416. The molecule has 0 spiro atoms. The number of carbonyl (C=O) groups excluding carboxylic acids is 1. The number of rotatable bonds is 5. The summed E-state index contributed by atoms with van der Waals surface area (Å²) in [5.74, 6) is 0. The van der Waals surface area contributed by atoms with Gasteiger partial charge in [0.15, 0.2) is 0 Å². The first kappa shape index (κ1) is 14.2. The highest BCUT2D eigenvalue weighted by atomic mass is 17.2. The third kappa shape index (κ3) is 8.17. The van der Waals surface area contributed by atoms with Gasteiger partial charge in [0.25, 0.3) is 0 Å². The van der Waals surface area contributed by atoms with Crippen molar-refractivity contribution < 1.29 is 19.3 Å². The van der Waals surface area contributed by atoms with Crippen LogP contribution in [0.2, 0.25) is 0 Å². The average Bonchev–Trinajstić information content (AvgIpc) is 2.09. The minimum absolute atomic E-state index is 0.187. The highest BCUT2D eigenvalue weighted by molar-refractivity contribution is 5.68. The summed E-state index contributed by atoms with van der Waals surface area (Å²) in [6, 6.07) is -0.320. The van der Waals surface area contributed by atoms with Crippen LogP contribution in [-0.2, 0) is 14.5 Å². The maximum absolute atomic E-state index is 11.3. The first-order valence-electron chi connectivity index (χ1n) is 4.74. The second-order valence-corrected chi connectivity index (χ2v) is 4.03. The van der Waals surface area contributed by atoms with Gasteiger partial charge in [-0.1, -0.05) is 0 Å². The Bertz CT molecular complexity index is 191. The van der Waals surface area contributed by atoms with Gasteiger partial charge in [-0.25, -0.2) is 14.6 Å². The molecule has 1 atom stereocenters. The topological polar surface area (TPSA) is 82.8 Å². The summed E-state index contributed by atoms with van der Waals surface area (Å²) in [7, 11) is 1.39. The second-order valence-electron chi connectivity index (χ2n) is 4.03. The molecule has 0 fully saturated rings. The lowest BCUT2D eigenvalue weighted by Gasteiger charge is -2.22. The zero-order valence-electron chi connectivity index (χ0n) is 9.70. The molecule has 90 valence electrons. The molecule has 0 bridgehead atoms. The summed E-state index contributed by atoms with van der Waals surface area (Å²) < 4.78 is 5.05. The smallest absolute Gasteiger partial charge is 0.407 e. The molecule has 0 aromatic rings. The molecule has 0 radical (unpaired) electrons. The van der Waals surface area contributed by atoms with Crippen molar-refractivity contribution in [3.8, 4) is 0 Å². The van der Waals surface area contributed by atoms with E-state index in [9.17, 15) is 4.79 Å². The number of amides is 1. The van der Waals surface area contributed by atoms with Crippen LogP contribution in [0.25, 0.3) is 0 Å². The standard InChI is InChI=1S/C9H20N2O4/c1-9(2,3)15-8(12)11-7(5-10)6-14-13-4/h7H,5-6,10H2,1-4H3,(H,11,12). The molecule has 1 amide bonds. The Hall–Kier alpha value is -0.850. The fourth-order valence-electron chi connectivity index (χ4n) is 0.793. The quantitative estimate of drug-likeness (QED) is 0.518. The first-order chi connectivity index (χ1) is 6.89. The summed E-state index contributed by atoms with van der Waals surface area (Å²) in [4.78, 5) is 20.4. The van der Waals surface area contributed by atoms with Crippen LogP contribution in [0, 0.1) is 0 Å². The molecule has 6 nitrogen and oxygen atoms in total. The Morgan fingerprint density at radius 3 is 2.47 bits per heavy atom. The van der Waals surface area contributed by atoms with Crippen LogP contribution in [-0.4, -0.2) is 38.0 Å². The van der Waals surface area contributed by atoms with Crippen LogP contribution in [0.5, 0.6) is 0 Å². The molecular formula is C9H20N2O4. The minimum atomic E-state index is -0.522. The van der Waals surface area contributed by atoms with E-state index in [4.69, 9.17) is 10.5 Å². The van der Waals surface area contributed by atoms with E-state index < -0.39 is 11.7 Å². The van der Waals surface area contributed by atoms with Crippen molar-refractivity contribution in [2.45, 2.75) is 32.4 Å². The number of carbonyl (C=O) groups is 1. The van der Waals surface area contributed by atoms with E-state index in [1.54, 1.807) is 20.8 Å². The van der Waals surface area contributed by atoms with Gasteiger partial charge in [0, 0.05) is 6.54 Å². The Morgan fingerprint density at radius 1 is 1.47 bits per heavy atom. The number of nitrogens with two attached hydrogens (primary N) is 1. The van der Waals surface area contributed by atoms with E-state index in [-0.39, 0.29) is 19.2 Å². The molecule has 0 aliphatic carbocycles. The lowest BCUT2D eigenvalue weighted by Crippen LogP contribution is -2.45. The van der Waals surface area contributed by atoms with Crippen molar-refractivity contribution in [3.63, 3.8) is 0 Å². The van der Waals surface area contributed by atoms with Crippen molar-refractivity contribution in [2.75, 3.05) is 20.3 Å². The molecular weight excluding hydrogens is 200 g/mol. The van der Waals surface area contributed by atoms with E-state index in [1.165, 1.54) is 7.11 Å². The number of ether oxygens (including phenoxy) is 1. The maximum Gasteiger partial charge on any atom is 0.407 e. The van der Waals surface area contributed by atoms with E-state index in [1.807, 2.05) is 0 Å². The number of hydrogen-bond acceptors (Lipinski definition) is 5. The SMILES string of the molecule is COOCC(CN)NC(=O)OC(C)(C)C. The van der Waals surface area contributed by atoms with Crippen LogP contribution >= 0.6 is 0 Å². The number of alkyl carbamates (subject to hydrolysis) is 1. The van der Waals surface area contributed by atoms with Gasteiger partial charge in [0.1, 0.15) is 12.2 Å². The molecule has 3 N–H and O–H groups in total. The monoisotopic (exact) mass is 220 g/mol. The molecule has 0 rings (SSSR count). The van der Waals surface area contributed by atoms with Crippen LogP contribution in [0.1, 0.15) is 20.8 Å². The van der Waals surface area contributed by atoms with E-state index in [0.29, 0.717) is 0 Å². The minimum Gasteiger partial charge on any atom is -0.444 e. The Labute approximate surface area is 90.0 Å². The molecule has 0 saturated heterocycles. The summed E-state index contributed by atoms with van der Waals surface area (Å²) in [5.41, 5.74) is 4.90. The normalized spacial score (nSPS) is 13.4. The van der Waals surface area contributed by atoms with Crippen molar-refractivity contribution in [2.24, 2.45) is 5.73 Å². The van der Waals surface area contributed by atoms with Gasteiger partial charge >= 0.3 is 6.09 Å². The van der Waals surface area contributed by atoms with Crippen molar-refractivity contribution in [3.05, 3.63) is 0 Å². The largest absolute Gasteiger partial charge is 0.444 e. The van der Waals surface area contributed by atoms with Gasteiger partial charge < -0.3 is 15.8 Å². The zero-order chi connectivity index (χ0) is 11.9. The summed E-state index contributed by atoms with van der Waals surface area (Å²) in [5, 5.41) is 2.57. The molecule has 0 heterocycles. The zero-order valence-corrected chi connectivity index (χ0v) is 9.70. The molecule has 0 aliphatic heterocycles. The number of nitrogens with one attached hydrogen (secondary N) is 1. The molecule has 0 aromatic carbocycles. The molecule has 15 heavy (non-hydrogen) atoms. The highest BCUT2D eigenvalue weighted by Crippen LogP contribution is 2.06. The molecule has 1 unspecified atom stereocenters. The lowest BCUT2D eigenvalue weighted by molar-refractivity contribution is -0.275. The van der Waals surface area contributed by atoms with Crippen molar-refractivity contribution >= 4 is 6.09 Å². The summed E-state index contributed by atoms with van der Waals surface area (Å²) in [6.45, 7) is 5.80. The van der Waals surface area contributed by atoms with Crippen molar-refractivity contribution in [1.29, 1.82) is 0 Å². The van der Waals surface area contributed by atoms with Crippen LogP contribution in [0.4, 0.5) is 4.79 Å². The fraction of sp³-hybridized carbons (Fsp3) is 0.889. The maximum atomic E-state index is 11.3. The van der Waals surface area contributed by atoms with Crippen molar-refractivity contribution in [1.82, 2.24) is 5.32 Å². The van der Waals surface area contributed by atoms with Gasteiger partial charge in [-0.3, -0.25) is 0 Å². The Morgan fingerprint density at radius 2 is 2.07 bits per heavy atom. The third-order valence-corrected chi connectivity index (χ3v) is 1.39. The average molecular weight is 220 g/mol. The second kappa shape index (κ2) is 6.60. The predicted molar refractivity (Wildman–Crippen MR) is 55.2 cm³/mol. The van der Waals surface area contributed by atoms with E-state index in [2.05, 4.69) is 15.1 Å². The highest BCUT2D eigenvalue weighted by Gasteiger charge is 2.18. The summed E-state index contributed by atoms with van der Waals surface area (Å²) in [6.07, 6.45) is -0.516. The van der Waals surface area contributed by atoms with E-state index in [0.717, 1.165) is 0 Å². The fourth-order valence-corrected chi connectivity index (χ4v) is 0.793.